The standard InChI is InChI=1S/C11H15ClN2O4S/c12-9-2-1-7(19-9)3-5-13-11(18)14-8(4-6-15)10(16)17/h1-2,8,15H,3-6H2,(H,16,17)(H2,13,14,18)/t8-/m1/s1. The van der Waals surface area contributed by atoms with E-state index in [1.54, 1.807) is 6.07 Å². The fraction of sp³-hybridized carbons (Fsp3) is 0.455. The van der Waals surface area contributed by atoms with Crippen molar-refractivity contribution >= 4 is 34.9 Å². The average molecular weight is 307 g/mol. The van der Waals surface area contributed by atoms with E-state index in [2.05, 4.69) is 10.6 Å². The summed E-state index contributed by atoms with van der Waals surface area (Å²) in [5, 5.41) is 22.3. The summed E-state index contributed by atoms with van der Waals surface area (Å²) in [6.45, 7) is 0.0824. The van der Waals surface area contributed by atoms with E-state index < -0.39 is 18.0 Å². The molecule has 1 rings (SSSR count). The minimum absolute atomic E-state index is 0.0245. The molecule has 1 heterocycles. The number of hydrogen-bond acceptors (Lipinski definition) is 4. The quantitative estimate of drug-likeness (QED) is 0.606. The Morgan fingerprint density at radius 2 is 2.16 bits per heavy atom. The summed E-state index contributed by atoms with van der Waals surface area (Å²) in [7, 11) is 0. The number of rotatable bonds is 7. The minimum atomic E-state index is -1.17. The van der Waals surface area contributed by atoms with Crippen molar-refractivity contribution in [2.45, 2.75) is 18.9 Å². The molecule has 1 aromatic heterocycles. The van der Waals surface area contributed by atoms with Crippen LogP contribution in [0.15, 0.2) is 12.1 Å². The fourth-order valence-corrected chi connectivity index (χ4v) is 2.47. The number of aliphatic hydroxyl groups is 1. The number of thiophene rings is 1. The first kappa shape index (κ1) is 15.7. The zero-order valence-corrected chi connectivity index (χ0v) is 11.6. The number of urea groups is 1. The molecule has 1 aromatic rings. The third-order valence-corrected chi connectivity index (χ3v) is 3.60. The van der Waals surface area contributed by atoms with Crippen LogP contribution in [0.5, 0.6) is 0 Å². The number of hydrogen-bond donors (Lipinski definition) is 4. The predicted octanol–water partition coefficient (Wildman–Crippen LogP) is 1.08. The molecule has 0 unspecified atom stereocenters. The number of nitrogens with one attached hydrogen (secondary N) is 2. The van der Waals surface area contributed by atoms with Gasteiger partial charge in [-0.3, -0.25) is 0 Å². The van der Waals surface area contributed by atoms with Gasteiger partial charge in [0.1, 0.15) is 6.04 Å². The molecule has 0 bridgehead atoms. The Morgan fingerprint density at radius 1 is 1.42 bits per heavy atom. The van der Waals surface area contributed by atoms with Crippen LogP contribution in [0.25, 0.3) is 0 Å². The van der Waals surface area contributed by atoms with E-state index >= 15 is 0 Å². The second-order valence-corrected chi connectivity index (χ2v) is 5.56. The van der Waals surface area contributed by atoms with Crippen molar-refractivity contribution in [1.82, 2.24) is 10.6 Å². The molecule has 0 aliphatic rings. The van der Waals surface area contributed by atoms with Crippen LogP contribution in [0.4, 0.5) is 4.79 Å². The lowest BCUT2D eigenvalue weighted by atomic mass is 10.2. The van der Waals surface area contributed by atoms with Crippen LogP contribution in [-0.4, -0.2) is 41.4 Å². The Labute approximate surface area is 119 Å². The van der Waals surface area contributed by atoms with E-state index in [1.165, 1.54) is 11.3 Å². The Balaban J connectivity index is 2.28. The molecule has 0 saturated heterocycles. The zero-order chi connectivity index (χ0) is 14.3. The Bertz CT molecular complexity index is 438. The smallest absolute Gasteiger partial charge is 0.326 e. The SMILES string of the molecule is O=C(NCCc1ccc(Cl)s1)N[C@H](CCO)C(=O)O. The number of carbonyl (C=O) groups is 2. The monoisotopic (exact) mass is 306 g/mol. The fourth-order valence-electron chi connectivity index (χ4n) is 1.38. The molecule has 6 nitrogen and oxygen atoms in total. The maximum atomic E-state index is 11.4. The number of amides is 2. The van der Waals surface area contributed by atoms with E-state index in [0.29, 0.717) is 17.3 Å². The second-order valence-electron chi connectivity index (χ2n) is 3.76. The van der Waals surface area contributed by atoms with Crippen molar-refractivity contribution in [2.24, 2.45) is 0 Å². The summed E-state index contributed by atoms with van der Waals surface area (Å²) in [5.41, 5.74) is 0. The second kappa shape index (κ2) is 7.98. The summed E-state index contributed by atoms with van der Waals surface area (Å²) in [5.74, 6) is -1.17. The highest BCUT2D eigenvalue weighted by Gasteiger charge is 2.18. The first-order valence-electron chi connectivity index (χ1n) is 5.65. The first-order chi connectivity index (χ1) is 9.02. The van der Waals surface area contributed by atoms with Gasteiger partial charge in [0.25, 0.3) is 0 Å². The van der Waals surface area contributed by atoms with Crippen molar-refractivity contribution < 1.29 is 19.8 Å². The van der Waals surface area contributed by atoms with Gasteiger partial charge in [-0.2, -0.15) is 0 Å². The van der Waals surface area contributed by atoms with E-state index in [0.717, 1.165) is 4.88 Å². The van der Waals surface area contributed by atoms with E-state index in [1.807, 2.05) is 6.07 Å². The number of carboxylic acid groups (broad SMARTS) is 1. The van der Waals surface area contributed by atoms with Gasteiger partial charge in [-0.25, -0.2) is 9.59 Å². The number of carboxylic acids is 1. The highest BCUT2D eigenvalue weighted by Crippen LogP contribution is 2.21. The van der Waals surface area contributed by atoms with Crippen molar-refractivity contribution in [1.29, 1.82) is 0 Å². The number of aliphatic hydroxyl groups excluding tert-OH is 1. The highest BCUT2D eigenvalue weighted by molar-refractivity contribution is 7.16. The lowest BCUT2D eigenvalue weighted by Gasteiger charge is -2.13. The summed E-state index contributed by atoms with van der Waals surface area (Å²) < 4.78 is 0.688. The molecule has 0 aliphatic carbocycles. The molecule has 1 atom stereocenters. The van der Waals surface area contributed by atoms with Crippen molar-refractivity contribution in [3.05, 3.63) is 21.3 Å². The molecule has 4 N–H and O–H groups in total. The molecule has 0 spiro atoms. The summed E-state index contributed by atoms with van der Waals surface area (Å²) >= 11 is 7.20. The third-order valence-electron chi connectivity index (χ3n) is 2.31. The lowest BCUT2D eigenvalue weighted by Crippen LogP contribution is -2.46. The molecular formula is C11H15ClN2O4S. The lowest BCUT2D eigenvalue weighted by molar-refractivity contribution is -0.139. The highest BCUT2D eigenvalue weighted by atomic mass is 35.5. The van der Waals surface area contributed by atoms with Gasteiger partial charge in [0.15, 0.2) is 0 Å². The van der Waals surface area contributed by atoms with E-state index in [9.17, 15) is 9.59 Å². The van der Waals surface area contributed by atoms with E-state index in [-0.39, 0.29) is 13.0 Å². The molecule has 8 heteroatoms. The third kappa shape index (κ3) is 5.91. The average Bonchev–Trinajstić information content (AvgIpc) is 2.74. The number of halogens is 1. The summed E-state index contributed by atoms with van der Waals surface area (Å²) in [4.78, 5) is 23.2. The van der Waals surface area contributed by atoms with Crippen molar-refractivity contribution in [2.75, 3.05) is 13.2 Å². The normalized spacial score (nSPS) is 11.9. The molecule has 0 saturated carbocycles. The maximum Gasteiger partial charge on any atom is 0.326 e. The van der Waals surface area contributed by atoms with Crippen LogP contribution >= 0.6 is 22.9 Å². The van der Waals surface area contributed by atoms with Crippen molar-refractivity contribution in [3.8, 4) is 0 Å². The van der Waals surface area contributed by atoms with Crippen LogP contribution in [0.1, 0.15) is 11.3 Å². The Morgan fingerprint density at radius 3 is 2.68 bits per heavy atom. The molecule has 19 heavy (non-hydrogen) atoms. The number of carbonyl (C=O) groups excluding carboxylic acids is 1. The van der Waals surface area contributed by atoms with Crippen molar-refractivity contribution in [3.63, 3.8) is 0 Å². The van der Waals surface area contributed by atoms with Gasteiger partial charge < -0.3 is 20.8 Å². The molecule has 0 radical (unpaired) electrons. The van der Waals surface area contributed by atoms with Gasteiger partial charge in [0.05, 0.1) is 4.34 Å². The molecular weight excluding hydrogens is 292 g/mol. The molecule has 0 aliphatic heterocycles. The van der Waals surface area contributed by atoms with Crippen LogP contribution in [0.3, 0.4) is 0 Å². The van der Waals surface area contributed by atoms with Crippen LogP contribution in [0.2, 0.25) is 4.34 Å². The largest absolute Gasteiger partial charge is 0.480 e. The van der Waals surface area contributed by atoms with Gasteiger partial charge in [0, 0.05) is 24.4 Å². The van der Waals surface area contributed by atoms with Gasteiger partial charge >= 0.3 is 12.0 Å². The van der Waals surface area contributed by atoms with Crippen LogP contribution in [0, 0.1) is 0 Å². The van der Waals surface area contributed by atoms with Gasteiger partial charge in [0.2, 0.25) is 0 Å². The zero-order valence-electron chi connectivity index (χ0n) is 10.1. The first-order valence-corrected chi connectivity index (χ1v) is 6.84. The van der Waals surface area contributed by atoms with Gasteiger partial charge in [-0.15, -0.1) is 11.3 Å². The Hall–Kier alpha value is -1.31. The van der Waals surface area contributed by atoms with Crippen LogP contribution in [-0.2, 0) is 11.2 Å². The predicted molar refractivity (Wildman–Crippen MR) is 72.7 cm³/mol. The molecule has 2 amide bonds. The summed E-state index contributed by atoms with van der Waals surface area (Å²) in [6.07, 6.45) is 0.603. The topological polar surface area (TPSA) is 98.7 Å². The van der Waals surface area contributed by atoms with Gasteiger partial charge in [-0.05, 0) is 18.6 Å². The Kier molecular flexibility index (Phi) is 6.61. The molecule has 0 aromatic carbocycles. The summed E-state index contributed by atoms with van der Waals surface area (Å²) in [6, 6.07) is 2.01. The molecule has 0 fully saturated rings. The molecule has 106 valence electrons. The number of aliphatic carboxylic acids is 1. The van der Waals surface area contributed by atoms with E-state index in [4.69, 9.17) is 21.8 Å². The minimum Gasteiger partial charge on any atom is -0.480 e. The maximum absolute atomic E-state index is 11.4. The van der Waals surface area contributed by atoms with Gasteiger partial charge in [-0.1, -0.05) is 11.6 Å². The van der Waals surface area contributed by atoms with Crippen LogP contribution < -0.4 is 10.6 Å².